The monoisotopic (exact) mass is 251 g/mol. The molecule has 0 bridgehead atoms. The van der Waals surface area contributed by atoms with Crippen LogP contribution < -0.4 is 5.32 Å². The number of nitrogens with one attached hydrogen (secondary N) is 1. The van der Waals surface area contributed by atoms with Crippen molar-refractivity contribution >= 4 is 11.7 Å². The quantitative estimate of drug-likeness (QED) is 0.477. The zero-order valence-corrected chi connectivity index (χ0v) is 10.5. The summed E-state index contributed by atoms with van der Waals surface area (Å²) in [7, 11) is 0. The van der Waals surface area contributed by atoms with Crippen LogP contribution in [0.1, 0.15) is 37.0 Å². The Morgan fingerprint density at radius 2 is 2.28 bits per heavy atom. The summed E-state index contributed by atoms with van der Waals surface area (Å²) < 4.78 is 0. The van der Waals surface area contributed by atoms with Gasteiger partial charge in [0.1, 0.15) is 6.20 Å². The number of nitro groups is 1. The van der Waals surface area contributed by atoms with E-state index in [1.54, 1.807) is 0 Å². The van der Waals surface area contributed by atoms with E-state index in [2.05, 4.69) is 24.1 Å². The highest BCUT2D eigenvalue weighted by Gasteiger charge is 2.12. The van der Waals surface area contributed by atoms with Crippen LogP contribution in [0.3, 0.4) is 0 Å². The number of aromatic nitrogens is 1. The molecule has 1 heterocycles. The topological polar surface area (TPSA) is 85.1 Å². The molecule has 0 saturated heterocycles. The number of nitrogens with zero attached hydrogens (tertiary/aromatic N) is 2. The average molecular weight is 251 g/mol. The van der Waals surface area contributed by atoms with Gasteiger partial charge < -0.3 is 15.4 Å². The second-order valence-corrected chi connectivity index (χ2v) is 4.45. The maximum Gasteiger partial charge on any atom is 0.364 e. The number of amides is 1. The SMILES string of the molecule is CC(C)CCCNC(=O)c1ccnc([N+](=O)[O-])c1. The van der Waals surface area contributed by atoms with Gasteiger partial charge in [-0.2, -0.15) is 0 Å². The first-order valence-corrected chi connectivity index (χ1v) is 5.89. The molecule has 1 aromatic rings. The molecule has 0 aliphatic heterocycles. The molecule has 0 radical (unpaired) electrons. The van der Waals surface area contributed by atoms with Crippen LogP contribution in [0.5, 0.6) is 0 Å². The Labute approximate surface area is 106 Å². The lowest BCUT2D eigenvalue weighted by molar-refractivity contribution is -0.389. The molecule has 18 heavy (non-hydrogen) atoms. The van der Waals surface area contributed by atoms with E-state index in [0.717, 1.165) is 12.8 Å². The summed E-state index contributed by atoms with van der Waals surface area (Å²) in [4.78, 5) is 25.2. The van der Waals surface area contributed by atoms with E-state index >= 15 is 0 Å². The first-order valence-electron chi connectivity index (χ1n) is 5.89. The molecule has 1 N–H and O–H groups in total. The predicted octanol–water partition coefficient (Wildman–Crippen LogP) is 2.16. The van der Waals surface area contributed by atoms with Gasteiger partial charge in [-0.3, -0.25) is 4.79 Å². The summed E-state index contributed by atoms with van der Waals surface area (Å²) in [6.45, 7) is 4.81. The second-order valence-electron chi connectivity index (χ2n) is 4.45. The maximum atomic E-state index is 11.7. The van der Waals surface area contributed by atoms with Gasteiger partial charge in [-0.15, -0.1) is 0 Å². The lowest BCUT2D eigenvalue weighted by Gasteiger charge is -2.06. The Balaban J connectivity index is 2.51. The molecule has 98 valence electrons. The molecule has 6 heteroatoms. The van der Waals surface area contributed by atoms with Gasteiger partial charge >= 0.3 is 5.82 Å². The summed E-state index contributed by atoms with van der Waals surface area (Å²) in [5.41, 5.74) is 0.265. The van der Waals surface area contributed by atoms with E-state index < -0.39 is 4.92 Å². The zero-order valence-electron chi connectivity index (χ0n) is 10.5. The van der Waals surface area contributed by atoms with Crippen molar-refractivity contribution in [1.82, 2.24) is 10.3 Å². The molecule has 1 aromatic heterocycles. The summed E-state index contributed by atoms with van der Waals surface area (Å²) in [5.74, 6) is -0.0157. The summed E-state index contributed by atoms with van der Waals surface area (Å²) in [6.07, 6.45) is 3.20. The smallest absolute Gasteiger partial charge is 0.358 e. The lowest BCUT2D eigenvalue weighted by atomic mass is 10.1. The van der Waals surface area contributed by atoms with Crippen LogP contribution in [0.2, 0.25) is 0 Å². The first-order chi connectivity index (χ1) is 8.50. The van der Waals surface area contributed by atoms with Crippen LogP contribution >= 0.6 is 0 Å². The van der Waals surface area contributed by atoms with Crippen molar-refractivity contribution < 1.29 is 9.72 Å². The van der Waals surface area contributed by atoms with Crippen molar-refractivity contribution in [3.8, 4) is 0 Å². The zero-order chi connectivity index (χ0) is 13.5. The number of hydrogen-bond donors (Lipinski definition) is 1. The van der Waals surface area contributed by atoms with E-state index in [4.69, 9.17) is 0 Å². The fraction of sp³-hybridized carbons (Fsp3) is 0.500. The van der Waals surface area contributed by atoms with Gasteiger partial charge in [0.15, 0.2) is 0 Å². The molecule has 0 spiro atoms. The van der Waals surface area contributed by atoms with E-state index in [-0.39, 0.29) is 17.3 Å². The van der Waals surface area contributed by atoms with E-state index in [1.165, 1.54) is 18.3 Å². The molecule has 0 fully saturated rings. The number of pyridine rings is 1. The largest absolute Gasteiger partial charge is 0.364 e. The van der Waals surface area contributed by atoms with Crippen molar-refractivity contribution in [3.05, 3.63) is 34.0 Å². The van der Waals surface area contributed by atoms with Gasteiger partial charge in [0.05, 0.1) is 5.56 Å². The molecular weight excluding hydrogens is 234 g/mol. The normalized spacial score (nSPS) is 10.4. The Hall–Kier alpha value is -1.98. The highest BCUT2D eigenvalue weighted by molar-refractivity contribution is 5.94. The third-order valence-electron chi connectivity index (χ3n) is 2.44. The molecular formula is C12H17N3O3. The minimum absolute atomic E-state index is 0.265. The molecule has 6 nitrogen and oxygen atoms in total. The second kappa shape index (κ2) is 6.68. The van der Waals surface area contributed by atoms with E-state index in [1.807, 2.05) is 0 Å². The van der Waals surface area contributed by atoms with Gasteiger partial charge in [-0.25, -0.2) is 0 Å². The van der Waals surface area contributed by atoms with E-state index in [0.29, 0.717) is 12.5 Å². The van der Waals surface area contributed by atoms with Crippen LogP contribution in [-0.2, 0) is 0 Å². The Morgan fingerprint density at radius 3 is 2.89 bits per heavy atom. The Kier molecular flexibility index (Phi) is 5.23. The molecule has 0 aliphatic rings. The van der Waals surface area contributed by atoms with Crippen LogP contribution in [0.15, 0.2) is 18.3 Å². The van der Waals surface area contributed by atoms with Crippen molar-refractivity contribution in [1.29, 1.82) is 0 Å². The van der Waals surface area contributed by atoms with Gasteiger partial charge in [0.2, 0.25) is 0 Å². The predicted molar refractivity (Wildman–Crippen MR) is 67.3 cm³/mol. The van der Waals surface area contributed by atoms with Crippen molar-refractivity contribution in [2.75, 3.05) is 6.54 Å². The van der Waals surface area contributed by atoms with Gasteiger partial charge in [-0.1, -0.05) is 13.8 Å². The van der Waals surface area contributed by atoms with Crippen LogP contribution in [0.4, 0.5) is 5.82 Å². The minimum Gasteiger partial charge on any atom is -0.358 e. The van der Waals surface area contributed by atoms with Gasteiger partial charge in [-0.05, 0) is 34.7 Å². The summed E-state index contributed by atoms with van der Waals surface area (Å²) in [5, 5.41) is 13.3. The molecule has 0 aromatic carbocycles. The van der Waals surface area contributed by atoms with Crippen molar-refractivity contribution in [2.24, 2.45) is 5.92 Å². The maximum absolute atomic E-state index is 11.7. The standard InChI is InChI=1S/C12H17N3O3/c1-9(2)4-3-6-14-12(16)10-5-7-13-11(8-10)15(17)18/h5,7-9H,3-4,6H2,1-2H3,(H,14,16). The van der Waals surface area contributed by atoms with Crippen molar-refractivity contribution in [3.63, 3.8) is 0 Å². The number of carbonyl (C=O) groups excluding carboxylic acids is 1. The first kappa shape index (κ1) is 14.1. The molecule has 1 amide bonds. The number of hydrogen-bond acceptors (Lipinski definition) is 4. The minimum atomic E-state index is -0.616. The fourth-order valence-corrected chi connectivity index (χ4v) is 1.47. The van der Waals surface area contributed by atoms with Crippen LogP contribution in [-0.4, -0.2) is 22.4 Å². The molecule has 0 atom stereocenters. The van der Waals surface area contributed by atoms with Gasteiger partial charge in [0.25, 0.3) is 5.91 Å². The highest BCUT2D eigenvalue weighted by atomic mass is 16.6. The molecule has 0 saturated carbocycles. The summed E-state index contributed by atoms with van der Waals surface area (Å²) >= 11 is 0. The average Bonchev–Trinajstić information content (AvgIpc) is 2.34. The third-order valence-corrected chi connectivity index (χ3v) is 2.44. The van der Waals surface area contributed by atoms with E-state index in [9.17, 15) is 14.9 Å². The van der Waals surface area contributed by atoms with Crippen molar-refractivity contribution in [2.45, 2.75) is 26.7 Å². The van der Waals surface area contributed by atoms with Crippen LogP contribution in [0.25, 0.3) is 0 Å². The highest BCUT2D eigenvalue weighted by Crippen LogP contribution is 2.09. The molecule has 0 aliphatic carbocycles. The number of carbonyl (C=O) groups is 1. The fourth-order valence-electron chi connectivity index (χ4n) is 1.47. The Bertz CT molecular complexity index is 432. The molecule has 0 unspecified atom stereocenters. The third kappa shape index (κ3) is 4.48. The lowest BCUT2D eigenvalue weighted by Crippen LogP contribution is -2.24. The summed E-state index contributed by atoms with van der Waals surface area (Å²) in [6, 6.07) is 2.64. The Morgan fingerprint density at radius 1 is 1.56 bits per heavy atom. The number of rotatable bonds is 6. The van der Waals surface area contributed by atoms with Crippen LogP contribution in [0, 0.1) is 16.0 Å². The molecule has 1 rings (SSSR count). The van der Waals surface area contributed by atoms with Gasteiger partial charge in [0, 0.05) is 12.6 Å².